The standard InChI is InChI=1S/C17H27O/c1-3-5-7-11-15-18-17-14-10-9-13-16(17)12-8-6-4-2/h9-10,13-14H,2-8,11-12,15H2,1H3. The van der Waals surface area contributed by atoms with E-state index in [-0.39, 0.29) is 0 Å². The molecule has 1 aromatic rings. The highest BCUT2D eigenvalue weighted by atomic mass is 16.5. The van der Waals surface area contributed by atoms with Crippen molar-refractivity contribution in [3.8, 4) is 5.75 Å². The van der Waals surface area contributed by atoms with Crippen molar-refractivity contribution in [2.75, 3.05) is 6.61 Å². The lowest BCUT2D eigenvalue weighted by Gasteiger charge is -2.11. The van der Waals surface area contributed by atoms with Gasteiger partial charge in [0.15, 0.2) is 0 Å². The monoisotopic (exact) mass is 247 g/mol. The number of para-hydroxylation sites is 1. The van der Waals surface area contributed by atoms with Crippen LogP contribution in [0.5, 0.6) is 5.75 Å². The van der Waals surface area contributed by atoms with E-state index in [4.69, 9.17) is 4.74 Å². The first-order chi connectivity index (χ1) is 8.88. The van der Waals surface area contributed by atoms with Crippen LogP contribution in [0.1, 0.15) is 57.4 Å². The number of rotatable bonds is 10. The van der Waals surface area contributed by atoms with Crippen LogP contribution in [-0.2, 0) is 6.42 Å². The molecular formula is C17H27O. The Labute approximate surface area is 113 Å². The van der Waals surface area contributed by atoms with Crippen molar-refractivity contribution >= 4 is 0 Å². The van der Waals surface area contributed by atoms with Gasteiger partial charge in [0, 0.05) is 0 Å². The number of unbranched alkanes of at least 4 members (excludes halogenated alkanes) is 5. The second-order valence-electron chi connectivity index (χ2n) is 4.83. The first kappa shape index (κ1) is 15.1. The maximum Gasteiger partial charge on any atom is 0.122 e. The fourth-order valence-electron chi connectivity index (χ4n) is 2.05. The largest absolute Gasteiger partial charge is 0.493 e. The highest BCUT2D eigenvalue weighted by Gasteiger charge is 2.02. The van der Waals surface area contributed by atoms with E-state index in [1.165, 1.54) is 44.1 Å². The van der Waals surface area contributed by atoms with E-state index >= 15 is 0 Å². The number of ether oxygens (including phenoxy) is 1. The molecule has 0 saturated heterocycles. The summed E-state index contributed by atoms with van der Waals surface area (Å²) in [5, 5.41) is 0. The van der Waals surface area contributed by atoms with Crippen molar-refractivity contribution in [2.45, 2.75) is 58.3 Å². The van der Waals surface area contributed by atoms with Gasteiger partial charge < -0.3 is 4.74 Å². The Morgan fingerprint density at radius 2 is 1.83 bits per heavy atom. The third-order valence-electron chi connectivity index (χ3n) is 3.17. The quantitative estimate of drug-likeness (QED) is 0.517. The molecule has 0 aliphatic carbocycles. The van der Waals surface area contributed by atoms with Crippen LogP contribution in [0.15, 0.2) is 24.3 Å². The number of benzene rings is 1. The number of hydrogen-bond donors (Lipinski definition) is 0. The molecule has 1 aromatic carbocycles. The molecule has 0 aliphatic heterocycles. The van der Waals surface area contributed by atoms with Crippen molar-refractivity contribution in [1.82, 2.24) is 0 Å². The predicted octanol–water partition coefficient (Wildman–Crippen LogP) is 5.19. The summed E-state index contributed by atoms with van der Waals surface area (Å²) in [6.45, 7) is 6.97. The summed E-state index contributed by atoms with van der Waals surface area (Å²) >= 11 is 0. The molecule has 0 N–H and O–H groups in total. The van der Waals surface area contributed by atoms with E-state index in [0.717, 1.165) is 25.2 Å². The molecule has 0 fully saturated rings. The molecule has 1 radical (unpaired) electrons. The minimum absolute atomic E-state index is 0.854. The average Bonchev–Trinajstić information content (AvgIpc) is 2.40. The van der Waals surface area contributed by atoms with Gasteiger partial charge in [-0.3, -0.25) is 0 Å². The minimum atomic E-state index is 0.854. The summed E-state index contributed by atoms with van der Waals surface area (Å²) in [7, 11) is 0. The number of aryl methyl sites for hydroxylation is 1. The molecule has 0 aliphatic rings. The van der Waals surface area contributed by atoms with Gasteiger partial charge in [0.25, 0.3) is 0 Å². The lowest BCUT2D eigenvalue weighted by atomic mass is 10.1. The fourth-order valence-corrected chi connectivity index (χ4v) is 2.05. The van der Waals surface area contributed by atoms with E-state index in [1.807, 2.05) is 0 Å². The van der Waals surface area contributed by atoms with Gasteiger partial charge in [0.2, 0.25) is 0 Å². The summed E-state index contributed by atoms with van der Waals surface area (Å²) in [4.78, 5) is 0. The van der Waals surface area contributed by atoms with Crippen LogP contribution in [0.25, 0.3) is 0 Å². The van der Waals surface area contributed by atoms with Gasteiger partial charge in [-0.15, -0.1) is 0 Å². The molecule has 18 heavy (non-hydrogen) atoms. The van der Waals surface area contributed by atoms with E-state index in [2.05, 4.69) is 38.1 Å². The molecule has 0 aromatic heterocycles. The summed E-state index contributed by atoms with van der Waals surface area (Å²) in [6, 6.07) is 8.44. The van der Waals surface area contributed by atoms with Crippen LogP contribution in [0.4, 0.5) is 0 Å². The van der Waals surface area contributed by atoms with Gasteiger partial charge >= 0.3 is 0 Å². The second-order valence-corrected chi connectivity index (χ2v) is 4.83. The first-order valence-corrected chi connectivity index (χ1v) is 7.38. The second kappa shape index (κ2) is 9.99. The van der Waals surface area contributed by atoms with Crippen molar-refractivity contribution in [2.24, 2.45) is 0 Å². The molecule has 0 spiro atoms. The van der Waals surface area contributed by atoms with E-state index < -0.39 is 0 Å². The molecule has 1 rings (SSSR count). The third-order valence-corrected chi connectivity index (χ3v) is 3.17. The van der Waals surface area contributed by atoms with Gasteiger partial charge in [-0.05, 0) is 30.9 Å². The summed E-state index contributed by atoms with van der Waals surface area (Å²) in [5.41, 5.74) is 1.35. The lowest BCUT2D eigenvalue weighted by Crippen LogP contribution is -2.00. The van der Waals surface area contributed by atoms with Gasteiger partial charge in [-0.1, -0.05) is 64.2 Å². The van der Waals surface area contributed by atoms with Gasteiger partial charge in [0.1, 0.15) is 5.75 Å². The molecule has 101 valence electrons. The van der Waals surface area contributed by atoms with E-state index in [0.29, 0.717) is 0 Å². The highest BCUT2D eigenvalue weighted by Crippen LogP contribution is 2.20. The fraction of sp³-hybridized carbons (Fsp3) is 0.588. The molecule has 0 unspecified atom stereocenters. The Kier molecular flexibility index (Phi) is 8.37. The SMILES string of the molecule is [CH2]CCCCc1ccccc1OCCCCCC. The van der Waals surface area contributed by atoms with Gasteiger partial charge in [-0.2, -0.15) is 0 Å². The van der Waals surface area contributed by atoms with Crippen LogP contribution in [0.2, 0.25) is 0 Å². The normalized spacial score (nSPS) is 10.6. The zero-order valence-corrected chi connectivity index (χ0v) is 11.8. The zero-order valence-electron chi connectivity index (χ0n) is 11.8. The van der Waals surface area contributed by atoms with Crippen LogP contribution < -0.4 is 4.74 Å². The Hall–Kier alpha value is -0.980. The summed E-state index contributed by atoms with van der Waals surface area (Å²) < 4.78 is 5.90. The zero-order chi connectivity index (χ0) is 13.1. The van der Waals surface area contributed by atoms with E-state index in [1.54, 1.807) is 0 Å². The van der Waals surface area contributed by atoms with E-state index in [9.17, 15) is 0 Å². The van der Waals surface area contributed by atoms with Crippen molar-refractivity contribution < 1.29 is 4.74 Å². The Morgan fingerprint density at radius 1 is 1.00 bits per heavy atom. The molecule has 0 heterocycles. The van der Waals surface area contributed by atoms with Crippen molar-refractivity contribution in [1.29, 1.82) is 0 Å². The topological polar surface area (TPSA) is 9.23 Å². The molecule has 0 atom stereocenters. The van der Waals surface area contributed by atoms with Gasteiger partial charge in [0.05, 0.1) is 6.61 Å². The molecule has 0 bridgehead atoms. The van der Waals surface area contributed by atoms with Crippen molar-refractivity contribution in [3.63, 3.8) is 0 Å². The third kappa shape index (κ3) is 6.09. The summed E-state index contributed by atoms with van der Waals surface area (Å²) in [6.07, 6.45) is 9.59. The molecule has 1 heteroatoms. The Bertz CT molecular complexity index is 306. The molecular weight excluding hydrogens is 220 g/mol. The Morgan fingerprint density at radius 3 is 2.61 bits per heavy atom. The summed E-state index contributed by atoms with van der Waals surface area (Å²) in [5.74, 6) is 1.08. The van der Waals surface area contributed by atoms with Crippen LogP contribution in [0, 0.1) is 6.92 Å². The molecule has 1 nitrogen and oxygen atoms in total. The van der Waals surface area contributed by atoms with Crippen LogP contribution >= 0.6 is 0 Å². The van der Waals surface area contributed by atoms with Crippen LogP contribution in [-0.4, -0.2) is 6.61 Å². The lowest BCUT2D eigenvalue weighted by molar-refractivity contribution is 0.302. The smallest absolute Gasteiger partial charge is 0.122 e. The molecule has 0 saturated carbocycles. The average molecular weight is 247 g/mol. The minimum Gasteiger partial charge on any atom is -0.493 e. The Balaban J connectivity index is 2.33. The maximum atomic E-state index is 5.90. The van der Waals surface area contributed by atoms with Gasteiger partial charge in [-0.25, -0.2) is 0 Å². The van der Waals surface area contributed by atoms with Crippen molar-refractivity contribution in [3.05, 3.63) is 36.8 Å². The molecule has 0 amide bonds. The number of hydrogen-bond acceptors (Lipinski definition) is 1. The van der Waals surface area contributed by atoms with Crippen LogP contribution in [0.3, 0.4) is 0 Å². The first-order valence-electron chi connectivity index (χ1n) is 7.38. The predicted molar refractivity (Wildman–Crippen MR) is 79.0 cm³/mol. The maximum absolute atomic E-state index is 5.90. The highest BCUT2D eigenvalue weighted by molar-refractivity contribution is 5.33.